The van der Waals surface area contributed by atoms with E-state index in [1.807, 2.05) is 30.3 Å². The Balaban J connectivity index is 1.95. The zero-order valence-electron chi connectivity index (χ0n) is 15.1. The lowest BCUT2D eigenvalue weighted by molar-refractivity contribution is -0.142. The lowest BCUT2D eigenvalue weighted by atomic mass is 10.1. The molecule has 2 rings (SSSR count). The normalized spacial score (nSPS) is 19.7. The molecule has 0 bridgehead atoms. The predicted molar refractivity (Wildman–Crippen MR) is 92.5 cm³/mol. The number of carboxylic acid groups (broad SMARTS) is 1. The van der Waals surface area contributed by atoms with Crippen LogP contribution < -0.4 is 5.32 Å². The van der Waals surface area contributed by atoms with Crippen molar-refractivity contribution in [3.63, 3.8) is 0 Å². The van der Waals surface area contributed by atoms with Crippen molar-refractivity contribution in [2.75, 3.05) is 6.54 Å². The number of carboxylic acids is 1. The number of hydrogen-bond donors (Lipinski definition) is 2. The maximum Gasteiger partial charge on any atom is 0.411 e. The summed E-state index contributed by atoms with van der Waals surface area (Å²) in [5.74, 6) is -1.21. The van der Waals surface area contributed by atoms with Gasteiger partial charge in [-0.2, -0.15) is 0 Å². The zero-order chi connectivity index (χ0) is 19.3. The molecule has 142 valence electrons. The SMILES string of the molecule is CC(C)(C)OC(=O)N1CC[C@@H](NC(=O)OCc2ccccc2)[C@H]1C(=O)O. The largest absolute Gasteiger partial charge is 0.480 e. The second-order valence-corrected chi connectivity index (χ2v) is 7.06. The number of likely N-dealkylation sites (tertiary alicyclic amines) is 1. The van der Waals surface area contributed by atoms with Crippen LogP contribution in [0.5, 0.6) is 0 Å². The fourth-order valence-corrected chi connectivity index (χ4v) is 2.69. The Kier molecular flexibility index (Phi) is 6.07. The molecule has 2 N–H and O–H groups in total. The van der Waals surface area contributed by atoms with Gasteiger partial charge in [0.05, 0.1) is 6.04 Å². The van der Waals surface area contributed by atoms with Gasteiger partial charge in [0.25, 0.3) is 0 Å². The van der Waals surface area contributed by atoms with E-state index in [9.17, 15) is 19.5 Å². The fourth-order valence-electron chi connectivity index (χ4n) is 2.69. The highest BCUT2D eigenvalue weighted by atomic mass is 16.6. The van der Waals surface area contributed by atoms with Crippen molar-refractivity contribution >= 4 is 18.2 Å². The van der Waals surface area contributed by atoms with Gasteiger partial charge in [-0.3, -0.25) is 4.90 Å². The third kappa shape index (κ3) is 5.37. The average Bonchev–Trinajstić information content (AvgIpc) is 2.96. The number of hydrogen-bond acceptors (Lipinski definition) is 5. The summed E-state index contributed by atoms with van der Waals surface area (Å²) in [5.41, 5.74) is 0.0829. The Labute approximate surface area is 152 Å². The smallest absolute Gasteiger partial charge is 0.411 e. The molecule has 1 aliphatic heterocycles. The number of benzene rings is 1. The molecule has 1 fully saturated rings. The third-order valence-electron chi connectivity index (χ3n) is 3.79. The standard InChI is InChI=1S/C18H24N2O6/c1-18(2,3)26-17(24)20-10-9-13(14(20)15(21)22)19-16(23)25-11-12-7-5-4-6-8-12/h4-8,13-14H,9-11H2,1-3H3,(H,19,23)(H,21,22)/t13-,14+/m1/s1. The monoisotopic (exact) mass is 364 g/mol. The van der Waals surface area contributed by atoms with Gasteiger partial charge in [-0.1, -0.05) is 30.3 Å². The van der Waals surface area contributed by atoms with Crippen molar-refractivity contribution in [3.8, 4) is 0 Å². The van der Waals surface area contributed by atoms with Crippen molar-refractivity contribution in [2.45, 2.75) is 51.5 Å². The van der Waals surface area contributed by atoms with Crippen molar-refractivity contribution in [1.29, 1.82) is 0 Å². The number of nitrogens with zero attached hydrogens (tertiary/aromatic N) is 1. The Morgan fingerprint density at radius 3 is 2.46 bits per heavy atom. The fraction of sp³-hybridized carbons (Fsp3) is 0.500. The highest BCUT2D eigenvalue weighted by Gasteiger charge is 2.44. The highest BCUT2D eigenvalue weighted by Crippen LogP contribution is 2.22. The van der Waals surface area contributed by atoms with Crippen LogP contribution in [0.25, 0.3) is 0 Å². The molecule has 1 aliphatic rings. The van der Waals surface area contributed by atoms with E-state index in [0.29, 0.717) is 6.42 Å². The maximum atomic E-state index is 12.2. The van der Waals surface area contributed by atoms with E-state index in [2.05, 4.69) is 5.32 Å². The molecule has 2 amide bonds. The Bertz CT molecular complexity index is 655. The van der Waals surface area contributed by atoms with Crippen molar-refractivity contribution in [3.05, 3.63) is 35.9 Å². The molecular weight excluding hydrogens is 340 g/mol. The van der Waals surface area contributed by atoms with E-state index in [1.54, 1.807) is 20.8 Å². The van der Waals surface area contributed by atoms with Gasteiger partial charge < -0.3 is 19.9 Å². The molecule has 1 saturated heterocycles. The van der Waals surface area contributed by atoms with Crippen LogP contribution in [0.1, 0.15) is 32.8 Å². The second-order valence-electron chi connectivity index (χ2n) is 7.06. The summed E-state index contributed by atoms with van der Waals surface area (Å²) in [6.45, 7) is 5.36. The molecule has 26 heavy (non-hydrogen) atoms. The van der Waals surface area contributed by atoms with Gasteiger partial charge in [-0.05, 0) is 32.8 Å². The quantitative estimate of drug-likeness (QED) is 0.850. The van der Waals surface area contributed by atoms with Gasteiger partial charge in [0.1, 0.15) is 12.2 Å². The summed E-state index contributed by atoms with van der Waals surface area (Å²) in [7, 11) is 0. The van der Waals surface area contributed by atoms with Crippen LogP contribution in [0.15, 0.2) is 30.3 Å². The summed E-state index contributed by atoms with van der Waals surface area (Å²) in [6, 6.07) is 7.18. The van der Waals surface area contributed by atoms with Crippen LogP contribution in [-0.4, -0.2) is 52.4 Å². The van der Waals surface area contributed by atoms with Crippen LogP contribution in [0.3, 0.4) is 0 Å². The molecule has 0 unspecified atom stereocenters. The summed E-state index contributed by atoms with van der Waals surface area (Å²) in [5, 5.41) is 12.0. The molecule has 1 heterocycles. The number of aliphatic carboxylic acids is 1. The topological polar surface area (TPSA) is 105 Å². The third-order valence-corrected chi connectivity index (χ3v) is 3.79. The molecule has 8 nitrogen and oxygen atoms in total. The van der Waals surface area contributed by atoms with Gasteiger partial charge >= 0.3 is 18.2 Å². The number of rotatable bonds is 4. The van der Waals surface area contributed by atoms with Crippen LogP contribution in [-0.2, 0) is 20.9 Å². The number of alkyl carbamates (subject to hydrolysis) is 1. The van der Waals surface area contributed by atoms with Crippen LogP contribution >= 0.6 is 0 Å². The average molecular weight is 364 g/mol. The molecular formula is C18H24N2O6. The number of carbonyl (C=O) groups is 3. The number of ether oxygens (including phenoxy) is 2. The summed E-state index contributed by atoms with van der Waals surface area (Å²) >= 11 is 0. The first-order valence-corrected chi connectivity index (χ1v) is 8.37. The summed E-state index contributed by atoms with van der Waals surface area (Å²) in [4.78, 5) is 36.9. The number of amides is 2. The first-order valence-electron chi connectivity index (χ1n) is 8.37. The molecule has 0 saturated carbocycles. The Morgan fingerprint density at radius 1 is 1.23 bits per heavy atom. The van der Waals surface area contributed by atoms with E-state index in [4.69, 9.17) is 9.47 Å². The predicted octanol–water partition coefficient (Wildman–Crippen LogP) is 2.38. The zero-order valence-corrected chi connectivity index (χ0v) is 15.1. The van der Waals surface area contributed by atoms with E-state index < -0.39 is 35.8 Å². The van der Waals surface area contributed by atoms with Crippen molar-refractivity contribution in [1.82, 2.24) is 10.2 Å². The minimum Gasteiger partial charge on any atom is -0.480 e. The van der Waals surface area contributed by atoms with Crippen molar-refractivity contribution in [2.24, 2.45) is 0 Å². The van der Waals surface area contributed by atoms with Gasteiger partial charge in [-0.25, -0.2) is 14.4 Å². The van der Waals surface area contributed by atoms with Crippen LogP contribution in [0.2, 0.25) is 0 Å². The van der Waals surface area contributed by atoms with E-state index in [0.717, 1.165) is 10.5 Å². The van der Waals surface area contributed by atoms with Gasteiger partial charge in [0.2, 0.25) is 0 Å². The molecule has 0 aromatic heterocycles. The van der Waals surface area contributed by atoms with E-state index in [1.165, 1.54) is 0 Å². The first-order chi connectivity index (χ1) is 12.2. The Morgan fingerprint density at radius 2 is 1.88 bits per heavy atom. The maximum absolute atomic E-state index is 12.2. The summed E-state index contributed by atoms with van der Waals surface area (Å²) < 4.78 is 10.4. The van der Waals surface area contributed by atoms with Crippen molar-refractivity contribution < 1.29 is 29.0 Å². The van der Waals surface area contributed by atoms with Crippen LogP contribution in [0.4, 0.5) is 9.59 Å². The molecule has 0 spiro atoms. The molecule has 2 atom stereocenters. The highest BCUT2D eigenvalue weighted by molar-refractivity contribution is 5.82. The summed E-state index contributed by atoms with van der Waals surface area (Å²) in [6.07, 6.45) is -1.14. The van der Waals surface area contributed by atoms with E-state index in [-0.39, 0.29) is 13.2 Å². The lowest BCUT2D eigenvalue weighted by Crippen LogP contribution is -2.52. The van der Waals surface area contributed by atoms with Gasteiger partial charge in [-0.15, -0.1) is 0 Å². The number of nitrogens with one attached hydrogen (secondary N) is 1. The lowest BCUT2D eigenvalue weighted by Gasteiger charge is -2.28. The second kappa shape index (κ2) is 8.07. The van der Waals surface area contributed by atoms with Crippen LogP contribution in [0, 0.1) is 0 Å². The first kappa shape index (κ1) is 19.6. The molecule has 1 aromatic carbocycles. The minimum absolute atomic E-state index is 0.0763. The van der Waals surface area contributed by atoms with E-state index >= 15 is 0 Å². The van der Waals surface area contributed by atoms with Gasteiger partial charge in [0, 0.05) is 6.54 Å². The molecule has 1 aromatic rings. The molecule has 0 aliphatic carbocycles. The molecule has 8 heteroatoms. The Hall–Kier alpha value is -2.77. The number of carbonyl (C=O) groups excluding carboxylic acids is 2. The molecule has 0 radical (unpaired) electrons. The van der Waals surface area contributed by atoms with Gasteiger partial charge in [0.15, 0.2) is 6.04 Å². The minimum atomic E-state index is -1.21.